The zero-order valence-electron chi connectivity index (χ0n) is 5.35. The van der Waals surface area contributed by atoms with Crippen LogP contribution >= 0.6 is 11.8 Å². The maximum absolute atomic E-state index is 8.86. The molecule has 2 N–H and O–H groups in total. The van der Waals surface area contributed by atoms with Gasteiger partial charge in [-0.15, -0.1) is 0 Å². The van der Waals surface area contributed by atoms with Crippen LogP contribution in [0.1, 0.15) is 6.42 Å². The van der Waals surface area contributed by atoms with E-state index in [0.717, 1.165) is 12.2 Å². The van der Waals surface area contributed by atoms with Gasteiger partial charge in [0.15, 0.2) is 0 Å². The van der Waals surface area contributed by atoms with Crippen LogP contribution in [0.15, 0.2) is 0 Å². The number of thioether (sulfide) groups is 1. The molecule has 0 heterocycles. The van der Waals surface area contributed by atoms with Gasteiger partial charge in [0.25, 0.3) is 0 Å². The second kappa shape index (κ2) is 5.41. The summed E-state index contributed by atoms with van der Waals surface area (Å²) in [5, 5.41) is 11.6. The van der Waals surface area contributed by atoms with Gasteiger partial charge >= 0.3 is 0 Å². The third kappa shape index (κ3) is 4.43. The molecule has 0 aliphatic rings. The van der Waals surface area contributed by atoms with Crippen molar-refractivity contribution in [3.05, 3.63) is 0 Å². The number of nitrogens with one attached hydrogen (secondary N) is 1. The fourth-order valence-electron chi connectivity index (χ4n) is 0.374. The Morgan fingerprint density at radius 3 is 2.75 bits per heavy atom. The molecule has 0 radical (unpaired) electrons. The minimum atomic E-state index is -0.317. The lowest BCUT2D eigenvalue weighted by atomic mass is 10.4. The Kier molecular flexibility index (Phi) is 5.59. The first-order valence-electron chi connectivity index (χ1n) is 2.65. The van der Waals surface area contributed by atoms with Crippen LogP contribution < -0.4 is 5.32 Å². The van der Waals surface area contributed by atoms with Crippen LogP contribution in [0.4, 0.5) is 0 Å². The molecule has 3 heteroatoms. The van der Waals surface area contributed by atoms with E-state index in [1.54, 1.807) is 18.8 Å². The van der Waals surface area contributed by atoms with E-state index in [0.29, 0.717) is 0 Å². The van der Waals surface area contributed by atoms with Crippen LogP contribution in [0.3, 0.4) is 0 Å². The number of aliphatic hydroxyl groups is 1. The van der Waals surface area contributed by atoms with Crippen molar-refractivity contribution in [2.75, 3.05) is 19.1 Å². The first kappa shape index (κ1) is 8.27. The maximum atomic E-state index is 8.86. The Labute approximate surface area is 54.7 Å². The van der Waals surface area contributed by atoms with Crippen molar-refractivity contribution in [2.24, 2.45) is 0 Å². The van der Waals surface area contributed by atoms with Gasteiger partial charge in [-0.2, -0.15) is 11.8 Å². The van der Waals surface area contributed by atoms with Gasteiger partial charge in [-0.25, -0.2) is 0 Å². The summed E-state index contributed by atoms with van der Waals surface area (Å²) in [6, 6.07) is 0. The molecule has 0 aliphatic carbocycles. The molecule has 0 spiro atoms. The largest absolute Gasteiger partial charge is 0.379 e. The molecule has 1 atom stereocenters. The predicted molar refractivity (Wildman–Crippen MR) is 38.1 cm³/mol. The number of hydrogen-bond acceptors (Lipinski definition) is 3. The van der Waals surface area contributed by atoms with Gasteiger partial charge in [-0.1, -0.05) is 0 Å². The fraction of sp³-hybridized carbons (Fsp3) is 1.00. The van der Waals surface area contributed by atoms with E-state index in [-0.39, 0.29) is 6.23 Å². The Balaban J connectivity index is 2.86. The van der Waals surface area contributed by atoms with Crippen molar-refractivity contribution in [3.8, 4) is 0 Å². The van der Waals surface area contributed by atoms with Gasteiger partial charge in [0.05, 0.1) is 0 Å². The first-order chi connectivity index (χ1) is 3.81. The van der Waals surface area contributed by atoms with Crippen LogP contribution in [0.5, 0.6) is 0 Å². The van der Waals surface area contributed by atoms with E-state index in [1.807, 2.05) is 6.26 Å². The molecule has 0 aliphatic heterocycles. The molecule has 0 bridgehead atoms. The highest BCUT2D eigenvalue weighted by Gasteiger charge is 1.95. The van der Waals surface area contributed by atoms with Crippen LogP contribution in [0.25, 0.3) is 0 Å². The van der Waals surface area contributed by atoms with E-state index in [1.165, 1.54) is 0 Å². The Hall–Kier alpha value is 0.270. The number of rotatable bonds is 4. The van der Waals surface area contributed by atoms with Crippen LogP contribution in [-0.4, -0.2) is 30.4 Å². The highest BCUT2D eigenvalue weighted by atomic mass is 32.2. The Morgan fingerprint density at radius 1 is 1.75 bits per heavy atom. The summed E-state index contributed by atoms with van der Waals surface area (Å²) in [5.41, 5.74) is 0. The van der Waals surface area contributed by atoms with Crippen LogP contribution in [0.2, 0.25) is 0 Å². The summed E-state index contributed by atoms with van der Waals surface area (Å²) in [5.74, 6) is 1.02. The summed E-state index contributed by atoms with van der Waals surface area (Å²) < 4.78 is 0. The third-order valence-electron chi connectivity index (χ3n) is 0.929. The monoisotopic (exact) mass is 135 g/mol. The highest BCUT2D eigenvalue weighted by molar-refractivity contribution is 7.98. The minimum Gasteiger partial charge on any atom is -0.379 e. The van der Waals surface area contributed by atoms with Gasteiger partial charge in [0, 0.05) is 0 Å². The zero-order chi connectivity index (χ0) is 6.41. The molecule has 2 nitrogen and oxygen atoms in total. The zero-order valence-corrected chi connectivity index (χ0v) is 6.16. The molecule has 0 rings (SSSR count). The maximum Gasteiger partial charge on any atom is 0.105 e. The lowest BCUT2D eigenvalue weighted by Gasteiger charge is -2.05. The molecule has 0 saturated heterocycles. The van der Waals surface area contributed by atoms with Crippen molar-refractivity contribution < 1.29 is 5.11 Å². The van der Waals surface area contributed by atoms with E-state index in [4.69, 9.17) is 5.11 Å². The molecular formula is C5H13NOS. The summed E-state index contributed by atoms with van der Waals surface area (Å²) in [4.78, 5) is 0. The molecular weight excluding hydrogens is 122 g/mol. The van der Waals surface area contributed by atoms with Crippen molar-refractivity contribution in [1.82, 2.24) is 5.32 Å². The van der Waals surface area contributed by atoms with Crippen LogP contribution in [-0.2, 0) is 0 Å². The smallest absolute Gasteiger partial charge is 0.105 e. The Bertz CT molecular complexity index is 51.7. The molecule has 0 saturated carbocycles. The van der Waals surface area contributed by atoms with E-state index in [9.17, 15) is 0 Å². The Morgan fingerprint density at radius 2 is 2.38 bits per heavy atom. The average molecular weight is 135 g/mol. The number of aliphatic hydroxyl groups excluding tert-OH is 1. The molecule has 0 amide bonds. The van der Waals surface area contributed by atoms with E-state index < -0.39 is 0 Å². The van der Waals surface area contributed by atoms with Gasteiger partial charge in [0.1, 0.15) is 6.23 Å². The lowest BCUT2D eigenvalue weighted by Crippen LogP contribution is -2.24. The van der Waals surface area contributed by atoms with Crippen molar-refractivity contribution in [1.29, 1.82) is 0 Å². The third-order valence-corrected chi connectivity index (χ3v) is 1.57. The SMILES string of the molecule is CNC(O)CCSC. The van der Waals surface area contributed by atoms with Crippen molar-refractivity contribution in [2.45, 2.75) is 12.6 Å². The molecule has 8 heavy (non-hydrogen) atoms. The second-order valence-corrected chi connectivity index (χ2v) is 2.57. The summed E-state index contributed by atoms with van der Waals surface area (Å²) >= 11 is 1.75. The minimum absolute atomic E-state index is 0.317. The quantitative estimate of drug-likeness (QED) is 0.543. The highest BCUT2D eigenvalue weighted by Crippen LogP contribution is 1.96. The molecule has 1 unspecified atom stereocenters. The first-order valence-corrected chi connectivity index (χ1v) is 4.05. The molecule has 0 aromatic carbocycles. The van der Waals surface area contributed by atoms with Gasteiger partial charge in [-0.3, -0.25) is 5.32 Å². The number of hydrogen-bond donors (Lipinski definition) is 2. The molecule has 0 fully saturated rings. The standard InChI is InChI=1S/C5H13NOS/c1-6-5(7)3-4-8-2/h5-7H,3-4H2,1-2H3. The molecule has 0 aromatic heterocycles. The lowest BCUT2D eigenvalue weighted by molar-refractivity contribution is 0.144. The molecule has 50 valence electrons. The molecule has 0 aromatic rings. The second-order valence-electron chi connectivity index (χ2n) is 1.59. The van der Waals surface area contributed by atoms with Crippen molar-refractivity contribution in [3.63, 3.8) is 0 Å². The van der Waals surface area contributed by atoms with E-state index in [2.05, 4.69) is 5.32 Å². The fourth-order valence-corrected chi connectivity index (χ4v) is 0.833. The average Bonchev–Trinajstić information content (AvgIpc) is 1.83. The van der Waals surface area contributed by atoms with Gasteiger partial charge in [0.2, 0.25) is 0 Å². The van der Waals surface area contributed by atoms with Crippen LogP contribution in [0, 0.1) is 0 Å². The normalized spacial score (nSPS) is 13.9. The summed E-state index contributed by atoms with van der Waals surface area (Å²) in [6.45, 7) is 0. The van der Waals surface area contributed by atoms with Gasteiger partial charge < -0.3 is 5.11 Å². The summed E-state index contributed by atoms with van der Waals surface area (Å²) in [6.07, 6.45) is 2.54. The van der Waals surface area contributed by atoms with E-state index >= 15 is 0 Å². The summed E-state index contributed by atoms with van der Waals surface area (Å²) in [7, 11) is 1.75. The van der Waals surface area contributed by atoms with Crippen molar-refractivity contribution >= 4 is 11.8 Å². The topological polar surface area (TPSA) is 32.3 Å². The van der Waals surface area contributed by atoms with Gasteiger partial charge in [-0.05, 0) is 25.5 Å². The predicted octanol–water partition coefficient (Wildman–Crippen LogP) is 0.277.